The number of nitrogens with zero attached hydrogens (tertiary/aromatic N) is 1. The molecule has 3 atom stereocenters. The molecule has 7 nitrogen and oxygen atoms in total. The average molecular weight is 369 g/mol. The predicted molar refractivity (Wildman–Crippen MR) is 97.3 cm³/mol. The second kappa shape index (κ2) is 7.01. The molecule has 0 amide bonds. The Balaban J connectivity index is 2.16. The topological polar surface area (TPSA) is 90.4 Å². The van der Waals surface area contributed by atoms with Crippen molar-refractivity contribution in [2.45, 2.75) is 64.6 Å². The Labute approximate surface area is 148 Å². The lowest BCUT2D eigenvalue weighted by atomic mass is 10.0. The third kappa shape index (κ3) is 4.19. The summed E-state index contributed by atoms with van der Waals surface area (Å²) in [5, 5.41) is 0.0641. The van der Waals surface area contributed by atoms with E-state index in [4.69, 9.17) is 9.16 Å². The number of aromatic nitrogens is 2. The van der Waals surface area contributed by atoms with E-state index < -0.39 is 31.9 Å². The molecule has 1 aromatic rings. The van der Waals surface area contributed by atoms with Crippen LogP contribution in [0.15, 0.2) is 15.8 Å². The molecule has 0 spiro atoms. The zero-order chi connectivity index (χ0) is 19.0. The molecule has 0 saturated carbocycles. The molecule has 0 radical (unpaired) electrons. The summed E-state index contributed by atoms with van der Waals surface area (Å²) in [5.41, 5.74) is -0.521. The highest BCUT2D eigenvalue weighted by Gasteiger charge is 2.41. The first-order chi connectivity index (χ1) is 11.5. The summed E-state index contributed by atoms with van der Waals surface area (Å²) in [6, 6.07) is 0. The molecule has 140 valence electrons. The van der Waals surface area contributed by atoms with Crippen molar-refractivity contribution in [1.29, 1.82) is 0 Å². The third-order valence-corrected chi connectivity index (χ3v) is 9.83. The van der Waals surface area contributed by atoms with Gasteiger partial charge in [0.2, 0.25) is 0 Å². The van der Waals surface area contributed by atoms with Gasteiger partial charge in [0.15, 0.2) is 8.32 Å². The van der Waals surface area contributed by atoms with Crippen LogP contribution in [0.25, 0.3) is 0 Å². The van der Waals surface area contributed by atoms with Gasteiger partial charge in [0, 0.05) is 24.1 Å². The van der Waals surface area contributed by atoms with Gasteiger partial charge in [-0.15, -0.1) is 0 Å². The molecule has 0 aromatic carbocycles. The number of rotatable bonds is 5. The number of carbonyl (C=O) groups is 1. The Morgan fingerprint density at radius 1 is 1.40 bits per heavy atom. The number of ether oxygens (including phenoxy) is 1. The number of aryl methyl sites for hydroxylation is 1. The van der Waals surface area contributed by atoms with Gasteiger partial charge in [-0.05, 0) is 25.1 Å². The van der Waals surface area contributed by atoms with Crippen LogP contribution in [0.4, 0.5) is 0 Å². The van der Waals surface area contributed by atoms with E-state index in [1.165, 1.54) is 10.8 Å². The zero-order valence-electron chi connectivity index (χ0n) is 15.8. The second-order valence-corrected chi connectivity index (χ2v) is 13.0. The van der Waals surface area contributed by atoms with Gasteiger partial charge in [-0.3, -0.25) is 14.3 Å². The van der Waals surface area contributed by atoms with Gasteiger partial charge in [0.05, 0.1) is 12.7 Å². The van der Waals surface area contributed by atoms with E-state index in [1.54, 1.807) is 6.92 Å². The monoisotopic (exact) mass is 368 g/mol. The fourth-order valence-electron chi connectivity index (χ4n) is 2.54. The molecule has 8 heteroatoms. The summed E-state index contributed by atoms with van der Waals surface area (Å²) in [5.74, 6) is -0.339. The van der Waals surface area contributed by atoms with Crippen LogP contribution in [-0.4, -0.2) is 36.9 Å². The number of hydrogen-bond donors (Lipinski definition) is 1. The molecule has 1 saturated heterocycles. The van der Waals surface area contributed by atoms with Gasteiger partial charge in [0.25, 0.3) is 5.56 Å². The van der Waals surface area contributed by atoms with Crippen molar-refractivity contribution >= 4 is 14.6 Å². The first-order valence-electron chi connectivity index (χ1n) is 8.53. The summed E-state index contributed by atoms with van der Waals surface area (Å²) in [7, 11) is -1.96. The van der Waals surface area contributed by atoms with E-state index in [1.807, 2.05) is 0 Å². The van der Waals surface area contributed by atoms with Crippen LogP contribution in [-0.2, 0) is 14.0 Å². The highest BCUT2D eigenvalue weighted by molar-refractivity contribution is 6.74. The zero-order valence-corrected chi connectivity index (χ0v) is 16.8. The van der Waals surface area contributed by atoms with Crippen molar-refractivity contribution in [3.8, 4) is 0 Å². The van der Waals surface area contributed by atoms with Gasteiger partial charge in [-0.2, -0.15) is 0 Å². The van der Waals surface area contributed by atoms with Crippen molar-refractivity contribution in [1.82, 2.24) is 9.55 Å². The van der Waals surface area contributed by atoms with E-state index in [9.17, 15) is 14.4 Å². The molecule has 2 heterocycles. The standard InChI is InChI=1S/C17H28N2O5Si/c1-11-8-19(16(22)18-15(11)21)14-7-12(9-20)13(24-14)10-23-25(5,6)17(2,3)4/h8-9,12-14H,7,10H2,1-6H3,(H,18,21,22)/t12?,13-,14-/m1/s1. The van der Waals surface area contributed by atoms with E-state index >= 15 is 0 Å². The minimum atomic E-state index is -1.96. The van der Waals surface area contributed by atoms with Crippen LogP contribution in [0.2, 0.25) is 18.1 Å². The molecule has 1 unspecified atom stereocenters. The normalized spacial score (nSPS) is 24.5. The molecular formula is C17H28N2O5Si. The minimum absolute atomic E-state index is 0.0641. The van der Waals surface area contributed by atoms with Gasteiger partial charge in [0.1, 0.15) is 12.5 Å². The van der Waals surface area contributed by atoms with Gasteiger partial charge in [-0.1, -0.05) is 20.8 Å². The van der Waals surface area contributed by atoms with Crippen LogP contribution in [0.1, 0.15) is 39.0 Å². The quantitative estimate of drug-likeness (QED) is 0.634. The number of hydrogen-bond acceptors (Lipinski definition) is 5. The van der Waals surface area contributed by atoms with Crippen molar-refractivity contribution in [2.24, 2.45) is 5.92 Å². The highest BCUT2D eigenvalue weighted by atomic mass is 28.4. The lowest BCUT2D eigenvalue weighted by Gasteiger charge is -2.37. The van der Waals surface area contributed by atoms with Crippen LogP contribution in [0.3, 0.4) is 0 Å². The first-order valence-corrected chi connectivity index (χ1v) is 11.4. The SMILES string of the molecule is Cc1cn([C@H]2CC(C=O)[C@@H](CO[Si](C)(C)C(C)(C)C)O2)c(=O)[nH]c1=O. The van der Waals surface area contributed by atoms with Crippen LogP contribution >= 0.6 is 0 Å². The van der Waals surface area contributed by atoms with E-state index in [-0.39, 0.29) is 11.0 Å². The molecule has 1 aromatic heterocycles. The Morgan fingerprint density at radius 2 is 2.04 bits per heavy atom. The van der Waals surface area contributed by atoms with Crippen molar-refractivity contribution in [3.05, 3.63) is 32.6 Å². The molecule has 1 aliphatic heterocycles. The Kier molecular flexibility index (Phi) is 5.55. The maximum Gasteiger partial charge on any atom is 0.330 e. The number of H-pyrrole nitrogens is 1. The summed E-state index contributed by atoms with van der Waals surface area (Å²) >= 11 is 0. The smallest absolute Gasteiger partial charge is 0.330 e. The molecule has 2 rings (SSSR count). The molecular weight excluding hydrogens is 340 g/mol. The first kappa shape index (κ1) is 19.8. The lowest BCUT2D eigenvalue weighted by molar-refractivity contribution is -0.113. The number of aromatic amines is 1. The van der Waals surface area contributed by atoms with Gasteiger partial charge >= 0.3 is 5.69 Å². The maximum absolute atomic E-state index is 12.0. The highest BCUT2D eigenvalue weighted by Crippen LogP contribution is 2.38. The Hall–Kier alpha value is -1.51. The maximum atomic E-state index is 12.0. The van der Waals surface area contributed by atoms with Crippen LogP contribution in [0, 0.1) is 12.8 Å². The minimum Gasteiger partial charge on any atom is -0.414 e. The molecule has 25 heavy (non-hydrogen) atoms. The summed E-state index contributed by atoms with van der Waals surface area (Å²) < 4.78 is 13.5. The number of nitrogens with one attached hydrogen (secondary N) is 1. The fourth-order valence-corrected chi connectivity index (χ4v) is 3.55. The number of carbonyl (C=O) groups excluding carboxylic acids is 1. The molecule has 0 bridgehead atoms. The Bertz CT molecular complexity index is 747. The average Bonchev–Trinajstić information content (AvgIpc) is 2.91. The van der Waals surface area contributed by atoms with E-state index in [0.29, 0.717) is 18.6 Å². The van der Waals surface area contributed by atoms with Crippen molar-refractivity contribution < 1.29 is 14.0 Å². The van der Waals surface area contributed by atoms with E-state index in [2.05, 4.69) is 38.8 Å². The van der Waals surface area contributed by atoms with Crippen LogP contribution in [0.5, 0.6) is 0 Å². The summed E-state index contributed by atoms with van der Waals surface area (Å²) in [6.45, 7) is 12.7. The van der Waals surface area contributed by atoms with Gasteiger partial charge in [-0.25, -0.2) is 4.79 Å². The lowest BCUT2D eigenvalue weighted by Crippen LogP contribution is -2.43. The van der Waals surface area contributed by atoms with Crippen molar-refractivity contribution in [2.75, 3.05) is 6.61 Å². The summed E-state index contributed by atoms with van der Waals surface area (Å²) in [6.07, 6.45) is 1.76. The molecule has 1 fully saturated rings. The van der Waals surface area contributed by atoms with Crippen LogP contribution < -0.4 is 11.2 Å². The number of aldehydes is 1. The van der Waals surface area contributed by atoms with E-state index in [0.717, 1.165) is 6.29 Å². The predicted octanol–water partition coefficient (Wildman–Crippen LogP) is 1.97. The third-order valence-electron chi connectivity index (χ3n) is 5.33. The second-order valence-electron chi connectivity index (χ2n) is 8.21. The molecule has 1 N–H and O–H groups in total. The van der Waals surface area contributed by atoms with Gasteiger partial charge < -0.3 is 14.0 Å². The summed E-state index contributed by atoms with van der Waals surface area (Å²) in [4.78, 5) is 37.3. The fraction of sp³-hybridized carbons (Fsp3) is 0.706. The Morgan fingerprint density at radius 3 is 2.60 bits per heavy atom. The molecule has 0 aliphatic carbocycles. The van der Waals surface area contributed by atoms with Crippen molar-refractivity contribution in [3.63, 3.8) is 0 Å². The largest absolute Gasteiger partial charge is 0.414 e. The molecule has 1 aliphatic rings.